The number of carbonyl (C=O) groups is 1. The van der Waals surface area contributed by atoms with Crippen LogP contribution < -0.4 is 15.9 Å². The van der Waals surface area contributed by atoms with Crippen molar-refractivity contribution in [1.29, 1.82) is 0 Å². The topological polar surface area (TPSA) is 77.3 Å². The summed E-state index contributed by atoms with van der Waals surface area (Å²) in [6.45, 7) is 0. The van der Waals surface area contributed by atoms with Crippen LogP contribution in [0.5, 0.6) is 5.75 Å². The number of rotatable bonds is 1. The molecule has 0 spiro atoms. The average Bonchev–Trinajstić information content (AvgIpc) is 2.63. The van der Waals surface area contributed by atoms with E-state index in [4.69, 9.17) is 4.99 Å². The second-order valence-corrected chi connectivity index (χ2v) is 8.20. The van der Waals surface area contributed by atoms with Gasteiger partial charge >= 0.3 is 0 Å². The smallest absolute Gasteiger partial charge is 0.276 e. The zero-order chi connectivity index (χ0) is 18.4. The van der Waals surface area contributed by atoms with Crippen LogP contribution in [0.1, 0.15) is 11.7 Å². The summed E-state index contributed by atoms with van der Waals surface area (Å²) in [5.74, 6) is -0.0794. The summed E-state index contributed by atoms with van der Waals surface area (Å²) in [4.78, 5) is 17.6. The molecule has 0 fully saturated rings. The maximum atomic E-state index is 12.8. The van der Waals surface area contributed by atoms with E-state index in [2.05, 4.69) is 42.3 Å². The highest BCUT2D eigenvalue weighted by molar-refractivity contribution is 9.10. The highest BCUT2D eigenvalue weighted by Crippen LogP contribution is 2.34. The molecule has 0 saturated heterocycles. The van der Waals surface area contributed by atoms with Gasteiger partial charge in [-0.2, -0.15) is 0 Å². The van der Waals surface area contributed by atoms with Gasteiger partial charge in [0.1, 0.15) is 11.4 Å². The summed E-state index contributed by atoms with van der Waals surface area (Å²) in [5, 5.41) is 20.7. The van der Waals surface area contributed by atoms with Gasteiger partial charge in [-0.05, 0) is 58.1 Å². The molecule has 2 aromatic rings. The van der Waals surface area contributed by atoms with E-state index in [1.54, 1.807) is 23.2 Å². The monoisotopic (exact) mass is 494 g/mol. The highest BCUT2D eigenvalue weighted by Gasteiger charge is 2.34. The summed E-state index contributed by atoms with van der Waals surface area (Å²) < 4.78 is 1.42. The number of hydrazone groups is 1. The van der Waals surface area contributed by atoms with Crippen molar-refractivity contribution in [3.05, 3.63) is 61.5 Å². The molecule has 0 bridgehead atoms. The third-order valence-electron chi connectivity index (χ3n) is 4.03. The SMILES string of the molecule is CSC1=NN2C(=c3cc(Br)ccc3=NC2c2ccc(O)c(Br)c2)C(=O)N1. The predicted molar refractivity (Wildman–Crippen MR) is 108 cm³/mol. The number of aromatic hydroxyl groups is 1. The van der Waals surface area contributed by atoms with E-state index in [0.29, 0.717) is 20.7 Å². The molecular formula is C17H12Br2N4O2S. The molecular weight excluding hydrogens is 484 g/mol. The number of thioether (sulfide) groups is 1. The molecule has 0 aromatic heterocycles. The molecule has 1 atom stereocenters. The maximum absolute atomic E-state index is 12.8. The van der Waals surface area contributed by atoms with Gasteiger partial charge in [-0.3, -0.25) is 15.1 Å². The Morgan fingerprint density at radius 2 is 2.04 bits per heavy atom. The summed E-state index contributed by atoms with van der Waals surface area (Å²) in [6.07, 6.45) is 1.34. The second-order valence-electron chi connectivity index (χ2n) is 5.63. The van der Waals surface area contributed by atoms with Crippen LogP contribution in [0.25, 0.3) is 5.70 Å². The number of phenols is 1. The Bertz CT molecular complexity index is 1090. The molecule has 132 valence electrons. The van der Waals surface area contributed by atoms with Crippen LogP contribution in [0.15, 0.2) is 55.4 Å². The molecule has 2 aromatic carbocycles. The first-order valence-corrected chi connectivity index (χ1v) is 10.4. The fraction of sp³-hybridized carbons (Fsp3) is 0.118. The maximum Gasteiger partial charge on any atom is 0.276 e. The van der Waals surface area contributed by atoms with Crippen LogP contribution >= 0.6 is 43.6 Å². The van der Waals surface area contributed by atoms with Gasteiger partial charge in [-0.1, -0.05) is 33.8 Å². The van der Waals surface area contributed by atoms with Crippen LogP contribution in [-0.4, -0.2) is 27.4 Å². The van der Waals surface area contributed by atoms with Crippen molar-refractivity contribution < 1.29 is 9.90 Å². The molecule has 9 heteroatoms. The first kappa shape index (κ1) is 17.6. The molecule has 1 unspecified atom stereocenters. The fourth-order valence-corrected chi connectivity index (χ4v) is 3.97. The second kappa shape index (κ2) is 6.71. The van der Waals surface area contributed by atoms with Crippen molar-refractivity contribution in [1.82, 2.24) is 10.3 Å². The fourth-order valence-electron chi connectivity index (χ4n) is 2.84. The van der Waals surface area contributed by atoms with Gasteiger partial charge in [0.25, 0.3) is 5.91 Å². The molecule has 2 aliphatic heterocycles. The van der Waals surface area contributed by atoms with Gasteiger partial charge in [0.05, 0.1) is 9.83 Å². The van der Waals surface area contributed by atoms with Gasteiger partial charge in [-0.15, -0.1) is 5.10 Å². The molecule has 0 saturated carbocycles. The Morgan fingerprint density at radius 1 is 1.23 bits per heavy atom. The molecule has 1 amide bonds. The molecule has 2 aliphatic rings. The largest absolute Gasteiger partial charge is 0.507 e. The number of amides is 1. The van der Waals surface area contributed by atoms with Crippen LogP contribution in [0.4, 0.5) is 0 Å². The average molecular weight is 496 g/mol. The quantitative estimate of drug-likeness (QED) is 0.637. The number of amidine groups is 1. The van der Waals surface area contributed by atoms with Gasteiger partial charge in [0.2, 0.25) is 0 Å². The number of phenolic OH excluding ortho intramolecular Hbond substituents is 1. The summed E-state index contributed by atoms with van der Waals surface area (Å²) in [6, 6.07) is 10.8. The van der Waals surface area contributed by atoms with Crippen molar-refractivity contribution >= 4 is 60.4 Å². The third-order valence-corrected chi connectivity index (χ3v) is 5.73. The van der Waals surface area contributed by atoms with Gasteiger partial charge in [0.15, 0.2) is 11.3 Å². The van der Waals surface area contributed by atoms with Crippen LogP contribution in [0, 0.1) is 0 Å². The molecule has 2 heterocycles. The van der Waals surface area contributed by atoms with E-state index in [1.165, 1.54) is 11.8 Å². The Hall–Kier alpha value is -1.84. The van der Waals surface area contributed by atoms with Crippen molar-refractivity contribution in [2.24, 2.45) is 10.1 Å². The van der Waals surface area contributed by atoms with Crippen molar-refractivity contribution in [3.8, 4) is 5.75 Å². The minimum absolute atomic E-state index is 0.141. The molecule has 0 aliphatic carbocycles. The Morgan fingerprint density at radius 3 is 2.77 bits per heavy atom. The first-order chi connectivity index (χ1) is 12.5. The van der Waals surface area contributed by atoms with E-state index < -0.39 is 6.17 Å². The van der Waals surface area contributed by atoms with E-state index in [9.17, 15) is 9.90 Å². The summed E-state index contributed by atoms with van der Waals surface area (Å²) in [7, 11) is 0. The Kier molecular flexibility index (Phi) is 4.54. The number of nitrogens with one attached hydrogen (secondary N) is 1. The number of benzene rings is 2. The third kappa shape index (κ3) is 2.93. The molecule has 6 nitrogen and oxygen atoms in total. The van der Waals surface area contributed by atoms with Gasteiger partial charge in [0, 0.05) is 9.69 Å². The zero-order valence-electron chi connectivity index (χ0n) is 13.4. The lowest BCUT2D eigenvalue weighted by molar-refractivity contribution is -0.116. The van der Waals surface area contributed by atoms with E-state index in [1.807, 2.05) is 24.5 Å². The van der Waals surface area contributed by atoms with E-state index in [0.717, 1.165) is 15.3 Å². The molecule has 0 radical (unpaired) electrons. The number of hydrogen-bond acceptors (Lipinski definition) is 6. The Balaban J connectivity index is 2.00. The summed E-state index contributed by atoms with van der Waals surface area (Å²) >= 11 is 8.14. The normalized spacial score (nSPS) is 18.5. The number of fused-ring (bicyclic) bond motifs is 2. The lowest BCUT2D eigenvalue weighted by Crippen LogP contribution is -2.50. The van der Waals surface area contributed by atoms with Crippen molar-refractivity contribution in [2.45, 2.75) is 6.17 Å². The van der Waals surface area contributed by atoms with Crippen molar-refractivity contribution in [2.75, 3.05) is 6.26 Å². The highest BCUT2D eigenvalue weighted by atomic mass is 79.9. The van der Waals surface area contributed by atoms with Gasteiger partial charge in [-0.25, -0.2) is 5.01 Å². The number of carbonyl (C=O) groups excluding carboxylic acids is 1. The van der Waals surface area contributed by atoms with Crippen LogP contribution in [0.3, 0.4) is 0 Å². The van der Waals surface area contributed by atoms with Crippen LogP contribution in [0.2, 0.25) is 0 Å². The predicted octanol–water partition coefficient (Wildman–Crippen LogP) is 2.42. The molecule has 2 N–H and O–H groups in total. The lowest BCUT2D eigenvalue weighted by atomic mass is 10.1. The number of hydrogen-bond donors (Lipinski definition) is 2. The van der Waals surface area contributed by atoms with Crippen molar-refractivity contribution in [3.63, 3.8) is 0 Å². The van der Waals surface area contributed by atoms with E-state index >= 15 is 0 Å². The number of halogens is 2. The van der Waals surface area contributed by atoms with E-state index in [-0.39, 0.29) is 11.7 Å². The van der Waals surface area contributed by atoms with Crippen LogP contribution in [-0.2, 0) is 4.79 Å². The minimum Gasteiger partial charge on any atom is -0.507 e. The lowest BCUT2D eigenvalue weighted by Gasteiger charge is -2.34. The first-order valence-electron chi connectivity index (χ1n) is 7.57. The minimum atomic E-state index is -0.510. The standard InChI is InChI=1S/C17H12Br2N4O2S/c1-26-17-21-16(25)14-10-7-9(18)3-4-12(10)20-15(23(14)22-17)8-2-5-13(24)11(19)6-8/h2-7,15,24H,1H3,(H,21,22,25). The van der Waals surface area contributed by atoms with Gasteiger partial charge < -0.3 is 5.11 Å². The molecule has 26 heavy (non-hydrogen) atoms. The molecule has 4 rings (SSSR count). The Labute approximate surface area is 169 Å². The number of nitrogens with zero attached hydrogens (tertiary/aromatic N) is 3. The zero-order valence-corrected chi connectivity index (χ0v) is 17.4. The summed E-state index contributed by atoms with van der Waals surface area (Å²) in [5.41, 5.74) is 1.25.